The highest BCUT2D eigenvalue weighted by Gasteiger charge is 2.37. The first kappa shape index (κ1) is 12.5. The summed E-state index contributed by atoms with van der Waals surface area (Å²) in [4.78, 5) is 0. The van der Waals surface area contributed by atoms with Gasteiger partial charge in [0.2, 0.25) is 0 Å². The van der Waals surface area contributed by atoms with E-state index in [0.29, 0.717) is 6.54 Å². The average molecular weight is 210 g/mol. The fourth-order valence-corrected chi connectivity index (χ4v) is 2.52. The van der Waals surface area contributed by atoms with Gasteiger partial charge in [-0.1, -0.05) is 5.92 Å². The van der Waals surface area contributed by atoms with E-state index in [2.05, 4.69) is 25.1 Å². The van der Waals surface area contributed by atoms with E-state index in [1.54, 1.807) is 0 Å². The van der Waals surface area contributed by atoms with Crippen LogP contribution in [0.15, 0.2) is 0 Å². The fraction of sp³-hybridized carbons (Fsp3) is 0.833. The monoisotopic (exact) mass is 210 g/mol. The van der Waals surface area contributed by atoms with Gasteiger partial charge < -0.3 is 10.5 Å². The standard InChI is InChI=1S/C12H22N2O/c1-5-9(2)14-12(8-13)6-10(3)15-11(4)7-12/h1,9-11,14H,6-8,13H2,2-4H3. The van der Waals surface area contributed by atoms with Crippen molar-refractivity contribution in [1.29, 1.82) is 0 Å². The maximum absolute atomic E-state index is 5.88. The Morgan fingerprint density at radius 3 is 2.47 bits per heavy atom. The Kier molecular flexibility index (Phi) is 4.15. The van der Waals surface area contributed by atoms with Crippen molar-refractivity contribution in [1.82, 2.24) is 5.32 Å². The lowest BCUT2D eigenvalue weighted by Crippen LogP contribution is -2.60. The molecule has 0 amide bonds. The summed E-state index contributed by atoms with van der Waals surface area (Å²) in [6.45, 7) is 6.77. The van der Waals surface area contributed by atoms with Crippen molar-refractivity contribution in [2.75, 3.05) is 6.54 Å². The van der Waals surface area contributed by atoms with Gasteiger partial charge in [-0.25, -0.2) is 0 Å². The summed E-state index contributed by atoms with van der Waals surface area (Å²) in [7, 11) is 0. The Bertz CT molecular complexity index is 236. The van der Waals surface area contributed by atoms with Crippen LogP contribution in [0.25, 0.3) is 0 Å². The first-order chi connectivity index (χ1) is 7.01. The van der Waals surface area contributed by atoms with Crippen molar-refractivity contribution in [2.45, 2.75) is 57.4 Å². The third kappa shape index (κ3) is 3.20. The maximum Gasteiger partial charge on any atom is 0.0663 e. The highest BCUT2D eigenvalue weighted by molar-refractivity contribution is 5.04. The molecule has 1 rings (SSSR count). The van der Waals surface area contributed by atoms with Gasteiger partial charge in [0.25, 0.3) is 0 Å². The molecule has 3 nitrogen and oxygen atoms in total. The average Bonchev–Trinajstić information content (AvgIpc) is 2.16. The van der Waals surface area contributed by atoms with Crippen molar-refractivity contribution >= 4 is 0 Å². The van der Waals surface area contributed by atoms with E-state index in [1.807, 2.05) is 6.92 Å². The maximum atomic E-state index is 5.88. The van der Waals surface area contributed by atoms with Crippen molar-refractivity contribution < 1.29 is 4.74 Å². The van der Waals surface area contributed by atoms with Crippen LogP contribution in [0.3, 0.4) is 0 Å². The number of rotatable bonds is 3. The van der Waals surface area contributed by atoms with Crippen LogP contribution in [0.4, 0.5) is 0 Å². The minimum atomic E-state index is -0.0527. The van der Waals surface area contributed by atoms with Gasteiger partial charge in [-0.15, -0.1) is 6.42 Å². The van der Waals surface area contributed by atoms with Crippen LogP contribution in [0.1, 0.15) is 33.6 Å². The van der Waals surface area contributed by atoms with Gasteiger partial charge in [-0.3, -0.25) is 5.32 Å². The molecule has 0 saturated carbocycles. The molecule has 3 unspecified atom stereocenters. The Morgan fingerprint density at radius 1 is 1.53 bits per heavy atom. The molecular weight excluding hydrogens is 188 g/mol. The molecule has 3 N–H and O–H groups in total. The number of hydrogen-bond donors (Lipinski definition) is 2. The van der Waals surface area contributed by atoms with Gasteiger partial charge in [-0.2, -0.15) is 0 Å². The lowest BCUT2D eigenvalue weighted by atomic mass is 9.83. The van der Waals surface area contributed by atoms with Crippen LogP contribution < -0.4 is 11.1 Å². The zero-order chi connectivity index (χ0) is 11.5. The second kappa shape index (κ2) is 4.98. The first-order valence-electron chi connectivity index (χ1n) is 5.60. The summed E-state index contributed by atoms with van der Waals surface area (Å²) in [6, 6.07) is 0.0612. The minimum absolute atomic E-state index is 0.0527. The molecule has 0 spiro atoms. The van der Waals surface area contributed by atoms with Crippen LogP contribution >= 0.6 is 0 Å². The molecule has 1 saturated heterocycles. The van der Waals surface area contributed by atoms with Crippen LogP contribution in [-0.2, 0) is 4.74 Å². The molecular formula is C12H22N2O. The number of nitrogens with two attached hydrogens (primary N) is 1. The molecule has 1 heterocycles. The van der Waals surface area contributed by atoms with Crippen molar-refractivity contribution in [3.63, 3.8) is 0 Å². The minimum Gasteiger partial charge on any atom is -0.375 e. The molecule has 0 aromatic carbocycles. The Balaban J connectivity index is 2.70. The molecule has 3 heteroatoms. The highest BCUT2D eigenvalue weighted by Crippen LogP contribution is 2.28. The summed E-state index contributed by atoms with van der Waals surface area (Å²) in [5, 5.41) is 3.45. The SMILES string of the molecule is C#CC(C)NC1(CN)CC(C)OC(C)C1. The predicted octanol–water partition coefficient (Wildman–Crippen LogP) is 0.883. The lowest BCUT2D eigenvalue weighted by Gasteiger charge is -2.43. The summed E-state index contributed by atoms with van der Waals surface area (Å²) in [6.07, 6.45) is 7.74. The number of hydrogen-bond acceptors (Lipinski definition) is 3. The van der Waals surface area contributed by atoms with Crippen LogP contribution in [0.5, 0.6) is 0 Å². The Morgan fingerprint density at radius 2 is 2.07 bits per heavy atom. The normalized spacial score (nSPS) is 38.3. The molecule has 0 bridgehead atoms. The number of ether oxygens (including phenoxy) is 1. The zero-order valence-corrected chi connectivity index (χ0v) is 9.92. The molecule has 1 aliphatic rings. The van der Waals surface area contributed by atoms with E-state index >= 15 is 0 Å². The van der Waals surface area contributed by atoms with E-state index in [1.165, 1.54) is 0 Å². The van der Waals surface area contributed by atoms with Crippen LogP contribution in [0.2, 0.25) is 0 Å². The molecule has 15 heavy (non-hydrogen) atoms. The third-order valence-corrected chi connectivity index (χ3v) is 2.98. The predicted molar refractivity (Wildman–Crippen MR) is 62.5 cm³/mol. The molecule has 3 atom stereocenters. The summed E-state index contributed by atoms with van der Waals surface area (Å²) in [5.41, 5.74) is 5.83. The van der Waals surface area contributed by atoms with Gasteiger partial charge >= 0.3 is 0 Å². The van der Waals surface area contributed by atoms with Gasteiger partial charge in [0.15, 0.2) is 0 Å². The van der Waals surface area contributed by atoms with Gasteiger partial charge in [0, 0.05) is 12.1 Å². The molecule has 86 valence electrons. The zero-order valence-electron chi connectivity index (χ0n) is 9.92. The summed E-state index contributed by atoms with van der Waals surface area (Å²) in [5.74, 6) is 2.69. The smallest absolute Gasteiger partial charge is 0.0663 e. The highest BCUT2D eigenvalue weighted by atomic mass is 16.5. The molecule has 0 aromatic rings. The number of terminal acetylenes is 1. The van der Waals surface area contributed by atoms with Crippen LogP contribution in [-0.4, -0.2) is 30.3 Å². The summed E-state index contributed by atoms with van der Waals surface area (Å²) < 4.78 is 5.71. The van der Waals surface area contributed by atoms with E-state index in [0.717, 1.165) is 12.8 Å². The molecule has 1 fully saturated rings. The summed E-state index contributed by atoms with van der Waals surface area (Å²) >= 11 is 0. The Hall–Kier alpha value is -0.560. The fourth-order valence-electron chi connectivity index (χ4n) is 2.52. The first-order valence-corrected chi connectivity index (χ1v) is 5.60. The van der Waals surface area contributed by atoms with E-state index < -0.39 is 0 Å². The van der Waals surface area contributed by atoms with E-state index in [9.17, 15) is 0 Å². The lowest BCUT2D eigenvalue weighted by molar-refractivity contribution is -0.0678. The second-order valence-corrected chi connectivity index (χ2v) is 4.68. The third-order valence-electron chi connectivity index (χ3n) is 2.98. The van der Waals surface area contributed by atoms with Gasteiger partial charge in [-0.05, 0) is 33.6 Å². The number of nitrogens with one attached hydrogen (secondary N) is 1. The van der Waals surface area contributed by atoms with Crippen molar-refractivity contribution in [3.8, 4) is 12.3 Å². The van der Waals surface area contributed by atoms with E-state index in [-0.39, 0.29) is 23.8 Å². The largest absolute Gasteiger partial charge is 0.375 e. The van der Waals surface area contributed by atoms with E-state index in [4.69, 9.17) is 16.9 Å². The Labute approximate surface area is 92.8 Å². The van der Waals surface area contributed by atoms with Gasteiger partial charge in [0.05, 0.1) is 18.2 Å². The van der Waals surface area contributed by atoms with Crippen molar-refractivity contribution in [3.05, 3.63) is 0 Å². The molecule has 1 aliphatic heterocycles. The topological polar surface area (TPSA) is 47.3 Å². The van der Waals surface area contributed by atoms with Crippen LogP contribution in [0, 0.1) is 12.3 Å². The molecule has 0 radical (unpaired) electrons. The second-order valence-electron chi connectivity index (χ2n) is 4.68. The molecule has 0 aromatic heterocycles. The quantitative estimate of drug-likeness (QED) is 0.680. The van der Waals surface area contributed by atoms with Crippen molar-refractivity contribution in [2.24, 2.45) is 5.73 Å². The van der Waals surface area contributed by atoms with Gasteiger partial charge in [0.1, 0.15) is 0 Å². The molecule has 0 aliphatic carbocycles.